The molecule has 1 unspecified atom stereocenters. The van der Waals surface area contributed by atoms with Crippen LogP contribution in [0.5, 0.6) is 5.75 Å². The van der Waals surface area contributed by atoms with E-state index in [0.717, 1.165) is 17.9 Å². The molecule has 98 valence electrons. The van der Waals surface area contributed by atoms with Gasteiger partial charge in [-0.05, 0) is 30.7 Å². The fourth-order valence-corrected chi connectivity index (χ4v) is 2.24. The molecule has 4 heteroatoms. The van der Waals surface area contributed by atoms with Crippen LogP contribution in [0, 0.1) is 0 Å². The molecule has 2 aromatic rings. The van der Waals surface area contributed by atoms with Crippen LogP contribution in [-0.4, -0.2) is 18.6 Å². The van der Waals surface area contributed by atoms with Crippen LogP contribution in [0.2, 0.25) is 0 Å². The number of carbonyl (C=O) groups is 1. The number of hydrogen-bond acceptors (Lipinski definition) is 3. The number of benzene rings is 1. The van der Waals surface area contributed by atoms with Crippen molar-refractivity contribution in [1.82, 2.24) is 0 Å². The van der Waals surface area contributed by atoms with E-state index >= 15 is 0 Å². The van der Waals surface area contributed by atoms with E-state index < -0.39 is 0 Å². The molecule has 4 nitrogen and oxygen atoms in total. The van der Waals surface area contributed by atoms with Gasteiger partial charge in [-0.2, -0.15) is 0 Å². The third-order valence-corrected chi connectivity index (χ3v) is 3.27. The van der Waals surface area contributed by atoms with E-state index in [4.69, 9.17) is 9.15 Å². The molecule has 1 atom stereocenters. The van der Waals surface area contributed by atoms with Crippen LogP contribution in [0.15, 0.2) is 47.1 Å². The van der Waals surface area contributed by atoms with Gasteiger partial charge in [0.05, 0.1) is 18.5 Å². The molecule has 0 radical (unpaired) electrons. The zero-order valence-corrected chi connectivity index (χ0v) is 10.7. The van der Waals surface area contributed by atoms with Crippen molar-refractivity contribution in [3.63, 3.8) is 0 Å². The van der Waals surface area contributed by atoms with Gasteiger partial charge in [0.25, 0.3) is 5.91 Å². The van der Waals surface area contributed by atoms with E-state index in [1.807, 2.05) is 31.2 Å². The van der Waals surface area contributed by atoms with Crippen LogP contribution < -0.4 is 9.64 Å². The van der Waals surface area contributed by atoms with E-state index in [9.17, 15) is 4.79 Å². The third-order valence-electron chi connectivity index (χ3n) is 3.27. The van der Waals surface area contributed by atoms with E-state index in [-0.39, 0.29) is 12.0 Å². The fourth-order valence-electron chi connectivity index (χ4n) is 2.24. The van der Waals surface area contributed by atoms with Gasteiger partial charge in [-0.1, -0.05) is 19.1 Å². The molecule has 0 N–H and O–H groups in total. The Labute approximate surface area is 111 Å². The monoisotopic (exact) mass is 257 g/mol. The van der Waals surface area contributed by atoms with Crippen LogP contribution in [0.4, 0.5) is 5.69 Å². The summed E-state index contributed by atoms with van der Waals surface area (Å²) in [5.41, 5.74) is 0.800. The van der Waals surface area contributed by atoms with Gasteiger partial charge in [-0.15, -0.1) is 0 Å². The van der Waals surface area contributed by atoms with Crippen LogP contribution in [-0.2, 0) is 0 Å². The Morgan fingerprint density at radius 1 is 1.32 bits per heavy atom. The van der Waals surface area contributed by atoms with Crippen molar-refractivity contribution >= 4 is 11.6 Å². The lowest BCUT2D eigenvalue weighted by Gasteiger charge is -2.34. The lowest BCUT2D eigenvalue weighted by molar-refractivity contribution is 0.0928. The first kappa shape index (κ1) is 11.8. The van der Waals surface area contributed by atoms with E-state index in [2.05, 4.69) is 0 Å². The zero-order valence-electron chi connectivity index (χ0n) is 10.7. The number of nitrogens with zero attached hydrogens (tertiary/aromatic N) is 1. The highest BCUT2D eigenvalue weighted by Crippen LogP contribution is 2.34. The summed E-state index contributed by atoms with van der Waals surface area (Å²) in [6.07, 6.45) is 2.39. The van der Waals surface area contributed by atoms with Gasteiger partial charge < -0.3 is 9.15 Å². The number of anilines is 1. The van der Waals surface area contributed by atoms with Crippen molar-refractivity contribution in [3.05, 3.63) is 48.4 Å². The van der Waals surface area contributed by atoms with Crippen molar-refractivity contribution in [1.29, 1.82) is 0 Å². The van der Waals surface area contributed by atoms with Gasteiger partial charge >= 0.3 is 0 Å². The highest BCUT2D eigenvalue weighted by Gasteiger charge is 2.30. The summed E-state index contributed by atoms with van der Waals surface area (Å²) in [6, 6.07) is 11.0. The number of fused-ring (bicyclic) bond motifs is 1. The van der Waals surface area contributed by atoms with Gasteiger partial charge in [0.15, 0.2) is 5.76 Å². The molecule has 1 aliphatic rings. The minimum atomic E-state index is -0.126. The zero-order chi connectivity index (χ0) is 13.2. The number of rotatable bonds is 2. The molecule has 0 bridgehead atoms. The lowest BCUT2D eigenvalue weighted by Crippen LogP contribution is -2.43. The Morgan fingerprint density at radius 2 is 2.16 bits per heavy atom. The smallest absolute Gasteiger partial charge is 0.294 e. The molecular formula is C15H15NO3. The van der Waals surface area contributed by atoms with Crippen LogP contribution >= 0.6 is 0 Å². The summed E-state index contributed by atoms with van der Waals surface area (Å²) in [5.74, 6) is 0.978. The third kappa shape index (κ3) is 2.10. The Balaban J connectivity index is 1.98. The van der Waals surface area contributed by atoms with Gasteiger partial charge in [-0.3, -0.25) is 9.69 Å². The van der Waals surface area contributed by atoms with Crippen LogP contribution in [0.25, 0.3) is 0 Å². The summed E-state index contributed by atoms with van der Waals surface area (Å²) in [7, 11) is 0. The molecule has 1 amide bonds. The van der Waals surface area contributed by atoms with E-state index in [0.29, 0.717) is 12.3 Å². The Hall–Kier alpha value is -2.23. The Kier molecular flexibility index (Phi) is 2.99. The second kappa shape index (κ2) is 4.80. The number of ether oxygens (including phenoxy) is 1. The van der Waals surface area contributed by atoms with Gasteiger partial charge in [0, 0.05) is 0 Å². The van der Waals surface area contributed by atoms with Crippen molar-refractivity contribution in [2.75, 3.05) is 11.4 Å². The molecular weight excluding hydrogens is 242 g/mol. The number of hydrogen-bond donors (Lipinski definition) is 0. The molecule has 19 heavy (non-hydrogen) atoms. The predicted octanol–water partition coefficient (Wildman–Crippen LogP) is 3.10. The maximum absolute atomic E-state index is 12.5. The molecule has 0 aliphatic carbocycles. The lowest BCUT2D eigenvalue weighted by atomic mass is 10.1. The number of amides is 1. The molecule has 0 saturated heterocycles. The molecule has 1 aromatic carbocycles. The molecule has 1 aromatic heterocycles. The highest BCUT2D eigenvalue weighted by atomic mass is 16.5. The molecule has 1 aliphatic heterocycles. The number of furan rings is 1. The Bertz CT molecular complexity index is 577. The van der Waals surface area contributed by atoms with E-state index in [1.165, 1.54) is 6.26 Å². The molecule has 0 fully saturated rings. The van der Waals surface area contributed by atoms with Gasteiger partial charge in [0.2, 0.25) is 0 Å². The normalized spacial score (nSPS) is 17.7. The van der Waals surface area contributed by atoms with Crippen molar-refractivity contribution in [2.24, 2.45) is 0 Å². The largest absolute Gasteiger partial charge is 0.486 e. The molecule has 0 spiro atoms. The van der Waals surface area contributed by atoms with Gasteiger partial charge in [-0.25, -0.2) is 0 Å². The van der Waals surface area contributed by atoms with E-state index in [1.54, 1.807) is 17.0 Å². The van der Waals surface area contributed by atoms with Crippen molar-refractivity contribution in [2.45, 2.75) is 19.4 Å². The molecule has 3 rings (SSSR count). The average molecular weight is 257 g/mol. The second-order valence-electron chi connectivity index (χ2n) is 4.51. The quantitative estimate of drug-likeness (QED) is 0.830. The summed E-state index contributed by atoms with van der Waals surface area (Å²) < 4.78 is 11.1. The minimum absolute atomic E-state index is 0.0220. The fraction of sp³-hybridized carbons (Fsp3) is 0.267. The summed E-state index contributed by atoms with van der Waals surface area (Å²) in [4.78, 5) is 14.2. The SMILES string of the molecule is CCC1CN(C(=O)c2ccco2)c2ccccc2O1. The molecule has 2 heterocycles. The molecule has 0 saturated carbocycles. The number of carbonyl (C=O) groups excluding carboxylic acids is 1. The first-order chi connectivity index (χ1) is 9.29. The maximum Gasteiger partial charge on any atom is 0.294 e. The van der Waals surface area contributed by atoms with Crippen molar-refractivity contribution < 1.29 is 13.9 Å². The topological polar surface area (TPSA) is 42.7 Å². The first-order valence-corrected chi connectivity index (χ1v) is 6.40. The standard InChI is InChI=1S/C15H15NO3/c1-2-11-10-16(15(17)14-8-5-9-18-14)12-6-3-4-7-13(12)19-11/h3-9,11H,2,10H2,1H3. The second-order valence-corrected chi connectivity index (χ2v) is 4.51. The van der Waals surface area contributed by atoms with Crippen LogP contribution in [0.3, 0.4) is 0 Å². The summed E-state index contributed by atoms with van der Waals surface area (Å²) in [5, 5.41) is 0. The van der Waals surface area contributed by atoms with Crippen molar-refractivity contribution in [3.8, 4) is 5.75 Å². The minimum Gasteiger partial charge on any atom is -0.486 e. The van der Waals surface area contributed by atoms with Gasteiger partial charge in [0.1, 0.15) is 11.9 Å². The maximum atomic E-state index is 12.5. The predicted molar refractivity (Wildman–Crippen MR) is 71.5 cm³/mol. The summed E-state index contributed by atoms with van der Waals surface area (Å²) >= 11 is 0. The summed E-state index contributed by atoms with van der Waals surface area (Å²) in [6.45, 7) is 2.60. The van der Waals surface area contributed by atoms with Crippen LogP contribution in [0.1, 0.15) is 23.9 Å². The average Bonchev–Trinajstić information content (AvgIpc) is 2.99. The Morgan fingerprint density at radius 3 is 2.89 bits per heavy atom. The first-order valence-electron chi connectivity index (χ1n) is 6.40. The number of para-hydroxylation sites is 2. The highest BCUT2D eigenvalue weighted by molar-refractivity contribution is 6.05.